The average molecular weight is 309 g/mol. The molecule has 0 N–H and O–H groups in total. The first-order chi connectivity index (χ1) is 8.19. The molecule has 7 heteroatoms. The minimum atomic E-state index is -4.78. The molecule has 0 fully saturated rings. The van der Waals surface area contributed by atoms with Gasteiger partial charge >= 0.3 is 6.18 Å². The molecule has 0 amide bonds. The maximum absolute atomic E-state index is 12.4. The predicted octanol–water partition coefficient (Wildman–Crippen LogP) is 4.63. The van der Waals surface area contributed by atoms with Gasteiger partial charge in [-0.1, -0.05) is 51.9 Å². The van der Waals surface area contributed by atoms with E-state index in [2.05, 4.69) is 6.92 Å². The van der Waals surface area contributed by atoms with Crippen LogP contribution in [0.1, 0.15) is 58.3 Å². The Kier molecular flexibility index (Phi) is 8.26. The van der Waals surface area contributed by atoms with Crippen LogP contribution in [-0.4, -0.2) is 19.8 Å². The Morgan fingerprint density at radius 2 is 1.44 bits per heavy atom. The molecule has 0 aromatic heterocycles. The third-order valence-electron chi connectivity index (χ3n) is 2.77. The molecule has 110 valence electrons. The van der Waals surface area contributed by atoms with Crippen molar-refractivity contribution in [3.63, 3.8) is 0 Å². The monoisotopic (exact) mass is 308 g/mol. The van der Waals surface area contributed by atoms with E-state index < -0.39 is 26.9 Å². The normalized spacial score (nSPS) is 14.7. The van der Waals surface area contributed by atoms with E-state index in [-0.39, 0.29) is 6.42 Å². The van der Waals surface area contributed by atoms with Gasteiger partial charge in [0.1, 0.15) is 0 Å². The van der Waals surface area contributed by atoms with Crippen molar-refractivity contribution in [3.8, 4) is 0 Å². The molecule has 1 atom stereocenters. The fourth-order valence-electron chi connectivity index (χ4n) is 1.75. The summed E-state index contributed by atoms with van der Waals surface area (Å²) in [5, 5.41) is -2.43. The lowest BCUT2D eigenvalue weighted by atomic mass is 10.1. The summed E-state index contributed by atoms with van der Waals surface area (Å²) in [6, 6.07) is 0. The number of unbranched alkanes of at least 4 members (excludes halogenated alkanes) is 6. The average Bonchev–Trinajstić information content (AvgIpc) is 2.18. The second kappa shape index (κ2) is 8.25. The summed E-state index contributed by atoms with van der Waals surface area (Å²) in [6.07, 6.45) is 0.775. The van der Waals surface area contributed by atoms with Crippen LogP contribution >= 0.6 is 10.7 Å². The first-order valence-corrected chi connectivity index (χ1v) is 8.57. The number of hydrogen-bond donors (Lipinski definition) is 0. The first-order valence-electron chi connectivity index (χ1n) is 6.19. The SMILES string of the molecule is CCCCCCCCCC(C(F)(F)F)S(=O)(=O)Cl. The molecule has 0 aromatic rings. The molecule has 0 heterocycles. The molecular weight excluding hydrogens is 289 g/mol. The van der Waals surface area contributed by atoms with Gasteiger partial charge in [0.2, 0.25) is 9.05 Å². The van der Waals surface area contributed by atoms with Gasteiger partial charge in [0.25, 0.3) is 0 Å². The first kappa shape index (κ1) is 18.0. The minimum absolute atomic E-state index is 0.238. The standard InChI is InChI=1S/C11H20ClF3O2S/c1-2-3-4-5-6-7-8-9-10(11(13,14)15)18(12,16)17/h10H,2-9H2,1H3. The Labute approximate surface area is 111 Å². The Morgan fingerprint density at radius 3 is 1.83 bits per heavy atom. The molecule has 1 unspecified atom stereocenters. The maximum atomic E-state index is 12.4. The smallest absolute Gasteiger partial charge is 0.212 e. The van der Waals surface area contributed by atoms with Crippen LogP contribution in [0.4, 0.5) is 13.2 Å². The molecule has 18 heavy (non-hydrogen) atoms. The van der Waals surface area contributed by atoms with Gasteiger partial charge in [0, 0.05) is 10.7 Å². The number of alkyl halides is 3. The van der Waals surface area contributed by atoms with Crippen LogP contribution < -0.4 is 0 Å². The second-order valence-electron chi connectivity index (χ2n) is 4.42. The van der Waals surface area contributed by atoms with E-state index in [0.29, 0.717) is 6.42 Å². The molecule has 0 aromatic carbocycles. The highest BCUT2D eigenvalue weighted by atomic mass is 35.7. The van der Waals surface area contributed by atoms with Gasteiger partial charge in [-0.2, -0.15) is 13.2 Å². The van der Waals surface area contributed by atoms with Gasteiger partial charge in [-0.25, -0.2) is 8.42 Å². The zero-order chi connectivity index (χ0) is 14.2. The molecule has 0 aliphatic heterocycles. The van der Waals surface area contributed by atoms with Gasteiger partial charge in [-0.15, -0.1) is 0 Å². The third-order valence-corrected chi connectivity index (χ3v) is 4.60. The Hall–Kier alpha value is 0.0300. The molecule has 2 nitrogen and oxygen atoms in total. The maximum Gasteiger partial charge on any atom is 0.406 e. The minimum Gasteiger partial charge on any atom is -0.212 e. The van der Waals surface area contributed by atoms with Crippen molar-refractivity contribution in [1.82, 2.24) is 0 Å². The van der Waals surface area contributed by atoms with E-state index in [1.807, 2.05) is 0 Å². The van der Waals surface area contributed by atoms with Gasteiger partial charge < -0.3 is 0 Å². The number of hydrogen-bond acceptors (Lipinski definition) is 2. The Balaban J connectivity index is 3.94. The van der Waals surface area contributed by atoms with Crippen molar-refractivity contribution in [3.05, 3.63) is 0 Å². The molecule has 0 aliphatic carbocycles. The third kappa shape index (κ3) is 8.19. The van der Waals surface area contributed by atoms with Crippen molar-refractivity contribution < 1.29 is 21.6 Å². The highest BCUT2D eigenvalue weighted by Gasteiger charge is 2.47. The van der Waals surface area contributed by atoms with Crippen LogP contribution in [0.5, 0.6) is 0 Å². The second-order valence-corrected chi connectivity index (χ2v) is 7.23. The van der Waals surface area contributed by atoms with E-state index in [4.69, 9.17) is 10.7 Å². The summed E-state index contributed by atoms with van der Waals surface area (Å²) >= 11 is 0. The summed E-state index contributed by atoms with van der Waals surface area (Å²) in [5.41, 5.74) is 0. The van der Waals surface area contributed by atoms with E-state index in [1.54, 1.807) is 0 Å². The summed E-state index contributed by atoms with van der Waals surface area (Å²) in [7, 11) is 0.241. The van der Waals surface area contributed by atoms with Gasteiger partial charge in [0.05, 0.1) is 0 Å². The van der Waals surface area contributed by atoms with Crippen LogP contribution in [-0.2, 0) is 9.05 Å². The highest BCUT2D eigenvalue weighted by molar-refractivity contribution is 8.14. The largest absolute Gasteiger partial charge is 0.406 e. The topological polar surface area (TPSA) is 34.1 Å². The number of halogens is 4. The molecule has 0 radical (unpaired) electrons. The van der Waals surface area contributed by atoms with Crippen molar-refractivity contribution in [1.29, 1.82) is 0 Å². The van der Waals surface area contributed by atoms with Crippen molar-refractivity contribution in [2.24, 2.45) is 0 Å². The van der Waals surface area contributed by atoms with Crippen LogP contribution in [0.25, 0.3) is 0 Å². The molecule has 0 saturated carbocycles. The van der Waals surface area contributed by atoms with E-state index in [9.17, 15) is 21.6 Å². The number of rotatable bonds is 9. The lowest BCUT2D eigenvalue weighted by molar-refractivity contribution is -0.131. The van der Waals surface area contributed by atoms with E-state index in [1.165, 1.54) is 0 Å². The Bertz CT molecular complexity index is 315. The zero-order valence-electron chi connectivity index (χ0n) is 10.5. The van der Waals surface area contributed by atoms with Crippen LogP contribution in [0, 0.1) is 0 Å². The van der Waals surface area contributed by atoms with Gasteiger partial charge in [-0.05, 0) is 6.42 Å². The molecule has 0 bridgehead atoms. The molecule has 0 aliphatic rings. The highest BCUT2D eigenvalue weighted by Crippen LogP contribution is 2.32. The van der Waals surface area contributed by atoms with Crippen LogP contribution in [0.15, 0.2) is 0 Å². The Morgan fingerprint density at radius 1 is 1.00 bits per heavy atom. The van der Waals surface area contributed by atoms with Gasteiger partial charge in [0.15, 0.2) is 5.25 Å². The molecule has 0 spiro atoms. The van der Waals surface area contributed by atoms with Crippen molar-refractivity contribution >= 4 is 19.7 Å². The molecular formula is C11H20ClF3O2S. The van der Waals surface area contributed by atoms with Crippen molar-refractivity contribution in [2.75, 3.05) is 0 Å². The summed E-state index contributed by atoms with van der Waals surface area (Å²) in [5.74, 6) is 0. The lowest BCUT2D eigenvalue weighted by Gasteiger charge is -2.16. The van der Waals surface area contributed by atoms with Crippen LogP contribution in [0.3, 0.4) is 0 Å². The summed E-state index contributed by atoms with van der Waals surface area (Å²) in [6.45, 7) is 2.08. The predicted molar refractivity (Wildman–Crippen MR) is 67.2 cm³/mol. The molecule has 0 rings (SSSR count). The lowest BCUT2D eigenvalue weighted by Crippen LogP contribution is -2.33. The fraction of sp³-hybridized carbons (Fsp3) is 1.00. The van der Waals surface area contributed by atoms with Crippen molar-refractivity contribution in [2.45, 2.75) is 69.7 Å². The van der Waals surface area contributed by atoms with E-state index in [0.717, 1.165) is 32.1 Å². The van der Waals surface area contributed by atoms with Gasteiger partial charge in [-0.3, -0.25) is 0 Å². The van der Waals surface area contributed by atoms with Crippen LogP contribution in [0.2, 0.25) is 0 Å². The molecule has 0 saturated heterocycles. The summed E-state index contributed by atoms with van der Waals surface area (Å²) in [4.78, 5) is 0. The quantitative estimate of drug-likeness (QED) is 0.460. The fourth-order valence-corrected chi connectivity index (χ4v) is 3.09. The van der Waals surface area contributed by atoms with E-state index >= 15 is 0 Å². The summed E-state index contributed by atoms with van der Waals surface area (Å²) < 4.78 is 58.9. The zero-order valence-corrected chi connectivity index (χ0v) is 12.0.